The normalized spacial score (nSPS) is 51.3. The number of hydrogen-bond acceptors (Lipinski definition) is 0. The molecule has 8 saturated carbocycles. The fraction of sp³-hybridized carbons (Fsp3) is 0.857. The molecule has 49 heavy (non-hydrogen) atoms. The second-order valence-electron chi connectivity index (χ2n) is 20.6. The first kappa shape index (κ1) is 32.8. The minimum atomic E-state index is 0.859. The van der Waals surface area contributed by atoms with Crippen molar-refractivity contribution < 1.29 is 0 Å². The summed E-state index contributed by atoms with van der Waals surface area (Å²) in [7, 11) is 0. The molecule has 10 rings (SSSR count). The topological polar surface area (TPSA) is 0 Å². The number of rotatable bonds is 3. The van der Waals surface area contributed by atoms with Gasteiger partial charge in [-0.15, -0.1) is 0 Å². The second kappa shape index (κ2) is 14.2. The van der Waals surface area contributed by atoms with Crippen LogP contribution in [0.5, 0.6) is 0 Å². The van der Waals surface area contributed by atoms with Crippen LogP contribution in [0.2, 0.25) is 0 Å². The third kappa shape index (κ3) is 5.87. The van der Waals surface area contributed by atoms with Crippen LogP contribution in [0, 0.1) is 101 Å². The monoisotopic (exact) mass is 662 g/mol. The van der Waals surface area contributed by atoms with E-state index in [-0.39, 0.29) is 0 Å². The summed E-state index contributed by atoms with van der Waals surface area (Å²) in [5.74, 6) is 16.3. The van der Waals surface area contributed by atoms with Gasteiger partial charge in [-0.25, -0.2) is 0 Å². The van der Waals surface area contributed by atoms with Crippen LogP contribution in [-0.4, -0.2) is 0 Å². The van der Waals surface area contributed by atoms with Crippen molar-refractivity contribution in [3.05, 3.63) is 41.9 Å². The largest absolute Gasteiger partial charge is 0.0764 e. The molecule has 1 radical (unpaired) electrons. The van der Waals surface area contributed by atoms with Crippen LogP contribution in [0.3, 0.4) is 0 Å². The molecule has 8 fully saturated rings. The Labute approximate surface area is 302 Å². The molecule has 0 saturated heterocycles. The zero-order valence-electron chi connectivity index (χ0n) is 31.5. The SMILES string of the molecule is [CH]1C=CC=CC2=C1[C@@H](C1C3CCCC[C@@H]3C(C3CC[C@@H]4CCCC[C@@H]4C3)C3CCCC[C@@H]31)C1CCCC[C@H]1C2[C@@H]1CCC2CCCC[C@@H]2C1. The standard InChI is InChI=1S/C49H73/c1-2-18-38-42(19-3-1)48(43-23-11-8-20-39(43)46(38)36-28-26-32-14-4-6-16-34(32)30-36)49-44-24-12-9-21-40(44)47(41-22-10-13-25-45(41)49)37-29-27-33-15-5-7-17-35(33)31-37/h1-3,18-19,32-37,39-41,43-49H,4-17,20-31H2/t32?,33-,34+,35+,36+,37?,39+,40-,41?,43?,44?,45-,46?,47?,48+,49?/m0/s1. The molecule has 269 valence electrons. The first-order valence-electron chi connectivity index (χ1n) is 23.3. The molecule has 0 heteroatoms. The van der Waals surface area contributed by atoms with Crippen LogP contribution < -0.4 is 0 Å². The van der Waals surface area contributed by atoms with Crippen molar-refractivity contribution in [3.8, 4) is 0 Å². The van der Waals surface area contributed by atoms with Gasteiger partial charge in [0.05, 0.1) is 0 Å². The molecule has 0 amide bonds. The van der Waals surface area contributed by atoms with Gasteiger partial charge in [0.25, 0.3) is 0 Å². The molecule has 0 aromatic rings. The summed E-state index contributed by atoms with van der Waals surface area (Å²) >= 11 is 0. The molecule has 10 aliphatic carbocycles. The third-order valence-electron chi connectivity index (χ3n) is 19.0. The van der Waals surface area contributed by atoms with E-state index in [4.69, 9.17) is 0 Å². The quantitative estimate of drug-likeness (QED) is 0.282. The van der Waals surface area contributed by atoms with Gasteiger partial charge in [-0.2, -0.15) is 0 Å². The van der Waals surface area contributed by atoms with Gasteiger partial charge in [-0.3, -0.25) is 0 Å². The second-order valence-corrected chi connectivity index (χ2v) is 20.6. The van der Waals surface area contributed by atoms with Crippen molar-refractivity contribution in [3.63, 3.8) is 0 Å². The van der Waals surface area contributed by atoms with E-state index in [1.54, 1.807) is 135 Å². The molecule has 0 heterocycles. The summed E-state index contributed by atoms with van der Waals surface area (Å²) in [6, 6.07) is 0. The van der Waals surface area contributed by atoms with Crippen molar-refractivity contribution in [1.29, 1.82) is 0 Å². The Hall–Kier alpha value is -0.780. The maximum absolute atomic E-state index is 2.76. The van der Waals surface area contributed by atoms with Crippen LogP contribution >= 0.6 is 0 Å². The molecule has 0 aromatic heterocycles. The smallest absolute Gasteiger partial charge is 0.00895 e. The summed E-state index contributed by atoms with van der Waals surface area (Å²) in [6.45, 7) is 0. The van der Waals surface area contributed by atoms with Crippen LogP contribution in [0.4, 0.5) is 0 Å². The van der Waals surface area contributed by atoms with Crippen molar-refractivity contribution in [2.45, 2.75) is 167 Å². The third-order valence-corrected chi connectivity index (χ3v) is 19.0. The zero-order chi connectivity index (χ0) is 32.3. The highest BCUT2D eigenvalue weighted by atomic mass is 14.6. The molecule has 0 spiro atoms. The summed E-state index contributed by atoms with van der Waals surface area (Å²) < 4.78 is 0. The Kier molecular flexibility index (Phi) is 9.53. The van der Waals surface area contributed by atoms with Crippen molar-refractivity contribution in [2.75, 3.05) is 0 Å². The van der Waals surface area contributed by atoms with Gasteiger partial charge < -0.3 is 0 Å². The molecule has 0 nitrogen and oxygen atoms in total. The van der Waals surface area contributed by atoms with E-state index >= 15 is 0 Å². The van der Waals surface area contributed by atoms with Crippen LogP contribution in [-0.2, 0) is 0 Å². The van der Waals surface area contributed by atoms with Crippen molar-refractivity contribution >= 4 is 0 Å². The van der Waals surface area contributed by atoms with Gasteiger partial charge >= 0.3 is 0 Å². The minimum absolute atomic E-state index is 0.859. The molecule has 10 aliphatic rings. The van der Waals surface area contributed by atoms with Crippen molar-refractivity contribution in [1.82, 2.24) is 0 Å². The highest BCUT2D eigenvalue weighted by molar-refractivity contribution is 5.45. The number of hydrogen-bond donors (Lipinski definition) is 0. The van der Waals surface area contributed by atoms with Crippen LogP contribution in [0.25, 0.3) is 0 Å². The summed E-state index contributed by atoms with van der Waals surface area (Å²) in [4.78, 5) is 0. The minimum Gasteiger partial charge on any atom is -0.0764 e. The average molecular weight is 662 g/mol. The molecular weight excluding hydrogens is 589 g/mol. The summed E-state index contributed by atoms with van der Waals surface area (Å²) in [6.07, 6.45) is 53.6. The predicted octanol–water partition coefficient (Wildman–Crippen LogP) is 13.7. The van der Waals surface area contributed by atoms with E-state index in [0.717, 1.165) is 94.7 Å². The van der Waals surface area contributed by atoms with E-state index in [1.807, 2.05) is 11.1 Å². The van der Waals surface area contributed by atoms with E-state index in [1.165, 1.54) is 32.1 Å². The lowest BCUT2D eigenvalue weighted by molar-refractivity contribution is -0.124. The van der Waals surface area contributed by atoms with Crippen LogP contribution in [0.15, 0.2) is 35.5 Å². The van der Waals surface area contributed by atoms with E-state index in [2.05, 4.69) is 30.7 Å². The number of fused-ring (bicyclic) bond motifs is 5. The fourth-order valence-electron chi connectivity index (χ4n) is 17.5. The first-order valence-corrected chi connectivity index (χ1v) is 23.3. The Bertz CT molecular complexity index is 1220. The van der Waals surface area contributed by atoms with Gasteiger partial charge in [0.1, 0.15) is 0 Å². The molecule has 16 atom stereocenters. The lowest BCUT2D eigenvalue weighted by Crippen LogP contribution is -2.56. The Morgan fingerprint density at radius 3 is 1.37 bits per heavy atom. The fourth-order valence-corrected chi connectivity index (χ4v) is 17.5. The predicted molar refractivity (Wildman–Crippen MR) is 205 cm³/mol. The van der Waals surface area contributed by atoms with E-state index in [9.17, 15) is 0 Å². The summed E-state index contributed by atoms with van der Waals surface area (Å²) in [5.41, 5.74) is 3.82. The van der Waals surface area contributed by atoms with Gasteiger partial charge in [0.2, 0.25) is 0 Å². The molecule has 0 aliphatic heterocycles. The molecule has 0 bridgehead atoms. The molecule has 8 unspecified atom stereocenters. The van der Waals surface area contributed by atoms with E-state index < -0.39 is 0 Å². The lowest BCUT2D eigenvalue weighted by atomic mass is 9.42. The van der Waals surface area contributed by atoms with Gasteiger partial charge in [0.15, 0.2) is 0 Å². The van der Waals surface area contributed by atoms with Gasteiger partial charge in [-0.05, 0) is 177 Å². The van der Waals surface area contributed by atoms with Crippen LogP contribution in [0.1, 0.15) is 167 Å². The summed E-state index contributed by atoms with van der Waals surface area (Å²) in [5, 5.41) is 0. The van der Waals surface area contributed by atoms with Crippen molar-refractivity contribution in [2.24, 2.45) is 94.7 Å². The first-order chi connectivity index (χ1) is 24.3. The Morgan fingerprint density at radius 2 is 0.755 bits per heavy atom. The Balaban J connectivity index is 1.03. The average Bonchev–Trinajstić information content (AvgIpc) is 3.42. The zero-order valence-corrected chi connectivity index (χ0v) is 31.5. The highest BCUT2D eigenvalue weighted by Gasteiger charge is 2.59. The van der Waals surface area contributed by atoms with Gasteiger partial charge in [-0.1, -0.05) is 120 Å². The maximum Gasteiger partial charge on any atom is 0.00895 e. The lowest BCUT2D eigenvalue weighted by Gasteiger charge is -2.63. The molecular formula is C49H73. The molecule has 0 aromatic carbocycles. The van der Waals surface area contributed by atoms with E-state index in [0.29, 0.717) is 0 Å². The van der Waals surface area contributed by atoms with Gasteiger partial charge in [0, 0.05) is 6.42 Å². The number of allylic oxidation sites excluding steroid dienone is 6. The Morgan fingerprint density at radius 1 is 0.306 bits per heavy atom. The molecule has 0 N–H and O–H groups in total. The maximum atomic E-state index is 2.76. The highest BCUT2D eigenvalue weighted by Crippen LogP contribution is 2.67.